The molecule has 6 nitrogen and oxygen atoms in total. The molecule has 0 amide bonds. The van der Waals surface area contributed by atoms with E-state index in [2.05, 4.69) is 44.5 Å². The molecule has 38 heavy (non-hydrogen) atoms. The first-order chi connectivity index (χ1) is 18.5. The number of benzene rings is 1. The van der Waals surface area contributed by atoms with Crippen LogP contribution in [0.3, 0.4) is 0 Å². The van der Waals surface area contributed by atoms with Gasteiger partial charge in [0.15, 0.2) is 11.5 Å². The fourth-order valence-corrected chi connectivity index (χ4v) is 4.84. The Morgan fingerprint density at radius 1 is 0.842 bits per heavy atom. The van der Waals surface area contributed by atoms with Gasteiger partial charge in [-0.1, -0.05) is 72.3 Å². The number of carbonyl (C=O) groups is 1. The highest BCUT2D eigenvalue weighted by atomic mass is 16.5. The Kier molecular flexibility index (Phi) is 16.5. The van der Waals surface area contributed by atoms with Gasteiger partial charge >= 0.3 is 5.97 Å². The van der Waals surface area contributed by atoms with E-state index in [1.54, 1.807) is 0 Å². The average molecular weight is 533 g/mol. The van der Waals surface area contributed by atoms with Gasteiger partial charge in [0.2, 0.25) is 0 Å². The molecule has 1 aliphatic rings. The third-order valence-corrected chi connectivity index (χ3v) is 7.89. The van der Waals surface area contributed by atoms with E-state index in [0.717, 1.165) is 69.0 Å². The van der Waals surface area contributed by atoms with Gasteiger partial charge in [-0.3, -0.25) is 4.79 Å². The van der Waals surface area contributed by atoms with Crippen LogP contribution in [0.4, 0.5) is 0 Å². The lowest BCUT2D eigenvalue weighted by molar-refractivity contribution is -0.145. The van der Waals surface area contributed by atoms with Crippen LogP contribution in [0.1, 0.15) is 97.5 Å². The summed E-state index contributed by atoms with van der Waals surface area (Å²) in [6.07, 6.45) is 10.8. The Morgan fingerprint density at radius 3 is 2.03 bits per heavy atom. The summed E-state index contributed by atoms with van der Waals surface area (Å²) in [5.74, 6) is 2.54. The van der Waals surface area contributed by atoms with E-state index in [1.165, 1.54) is 38.5 Å². The predicted octanol–water partition coefficient (Wildman–Crippen LogP) is 6.95. The summed E-state index contributed by atoms with van der Waals surface area (Å²) >= 11 is 0. The minimum absolute atomic E-state index is 0.130. The Labute approximate surface area is 233 Å². The van der Waals surface area contributed by atoms with Crippen LogP contribution in [0.2, 0.25) is 0 Å². The summed E-state index contributed by atoms with van der Waals surface area (Å²) in [6, 6.07) is 6.00. The molecule has 1 aromatic rings. The molecule has 0 spiro atoms. The van der Waals surface area contributed by atoms with E-state index in [9.17, 15) is 4.79 Å². The first-order valence-electron chi connectivity index (χ1n) is 15.4. The number of rotatable bonds is 20. The normalized spacial score (nSPS) is 16.2. The molecule has 0 aromatic heterocycles. The van der Waals surface area contributed by atoms with Crippen molar-refractivity contribution in [2.45, 2.75) is 98.5 Å². The minimum atomic E-state index is -0.130. The highest BCUT2D eigenvalue weighted by molar-refractivity contribution is 5.69. The molecular weight excluding hydrogens is 476 g/mol. The van der Waals surface area contributed by atoms with Crippen molar-refractivity contribution in [1.82, 2.24) is 9.80 Å². The van der Waals surface area contributed by atoms with Gasteiger partial charge in [0.25, 0.3) is 0 Å². The van der Waals surface area contributed by atoms with Gasteiger partial charge in [-0.25, -0.2) is 0 Å². The van der Waals surface area contributed by atoms with Crippen molar-refractivity contribution >= 4 is 5.97 Å². The Balaban J connectivity index is 1.92. The molecule has 1 fully saturated rings. The number of hydrogen-bond acceptors (Lipinski definition) is 6. The molecule has 1 aliphatic heterocycles. The molecule has 1 aromatic carbocycles. The number of ether oxygens (including phenoxy) is 3. The van der Waals surface area contributed by atoms with Crippen molar-refractivity contribution in [3.63, 3.8) is 0 Å². The largest absolute Gasteiger partial charge is 0.489 e. The van der Waals surface area contributed by atoms with Crippen molar-refractivity contribution in [1.29, 1.82) is 0 Å². The van der Waals surface area contributed by atoms with Crippen molar-refractivity contribution in [3.05, 3.63) is 23.8 Å². The molecule has 0 aliphatic carbocycles. The van der Waals surface area contributed by atoms with E-state index in [4.69, 9.17) is 14.2 Å². The minimum Gasteiger partial charge on any atom is -0.489 e. The van der Waals surface area contributed by atoms with Crippen molar-refractivity contribution in [3.8, 4) is 11.5 Å². The molecule has 0 N–H and O–H groups in total. The molecule has 0 bridgehead atoms. The van der Waals surface area contributed by atoms with Crippen molar-refractivity contribution in [2.75, 3.05) is 53.0 Å². The molecular formula is C32H56N2O4. The zero-order valence-corrected chi connectivity index (χ0v) is 25.1. The zero-order chi connectivity index (χ0) is 27.6. The monoisotopic (exact) mass is 532 g/mol. The molecule has 2 atom stereocenters. The van der Waals surface area contributed by atoms with Gasteiger partial charge in [0.05, 0.1) is 13.2 Å². The fourth-order valence-electron chi connectivity index (χ4n) is 4.84. The molecule has 2 unspecified atom stereocenters. The number of carbonyl (C=O) groups excluding carboxylic acids is 1. The lowest BCUT2D eigenvalue weighted by atomic mass is 10.0. The molecule has 1 saturated heterocycles. The second-order valence-corrected chi connectivity index (χ2v) is 11.1. The van der Waals surface area contributed by atoms with Crippen molar-refractivity contribution < 1.29 is 19.0 Å². The smallest absolute Gasteiger partial charge is 0.306 e. The highest BCUT2D eigenvalue weighted by Gasteiger charge is 2.16. The van der Waals surface area contributed by atoms with Gasteiger partial charge in [0, 0.05) is 32.6 Å². The molecule has 0 radical (unpaired) electrons. The maximum atomic E-state index is 12.4. The number of unbranched alkanes of at least 4 members (excludes halogenated alkanes) is 2. The molecule has 2 rings (SSSR count). The number of likely N-dealkylation sites (N-methyl/N-ethyl adjacent to an activating group) is 1. The third kappa shape index (κ3) is 12.8. The predicted molar refractivity (Wildman–Crippen MR) is 157 cm³/mol. The first-order valence-corrected chi connectivity index (χ1v) is 15.4. The summed E-state index contributed by atoms with van der Waals surface area (Å²) in [5, 5.41) is 0. The molecule has 0 saturated carbocycles. The summed E-state index contributed by atoms with van der Waals surface area (Å²) in [4.78, 5) is 17.2. The summed E-state index contributed by atoms with van der Waals surface area (Å²) < 4.78 is 18.3. The topological polar surface area (TPSA) is 51.2 Å². The van der Waals surface area contributed by atoms with E-state index < -0.39 is 0 Å². The first kappa shape index (κ1) is 32.4. The van der Waals surface area contributed by atoms with E-state index in [1.807, 2.05) is 18.2 Å². The summed E-state index contributed by atoms with van der Waals surface area (Å²) in [6.45, 7) is 15.9. The van der Waals surface area contributed by atoms with E-state index in [-0.39, 0.29) is 12.6 Å². The van der Waals surface area contributed by atoms with Crippen LogP contribution in [0.5, 0.6) is 11.5 Å². The van der Waals surface area contributed by atoms with Crippen LogP contribution < -0.4 is 9.47 Å². The number of piperazine rings is 1. The lowest BCUT2D eigenvalue weighted by Crippen LogP contribution is -2.44. The van der Waals surface area contributed by atoms with E-state index in [0.29, 0.717) is 31.5 Å². The van der Waals surface area contributed by atoms with Crippen LogP contribution in [0, 0.1) is 11.8 Å². The number of esters is 1. The maximum Gasteiger partial charge on any atom is 0.306 e. The standard InChI is InChI=1S/C32H56N2O4/c1-6-10-13-27(8-3)24-36-30-17-16-29(23-31(30)37-25-28(9-4)14-11-7-2)26-38-32(35)15-12-18-34-21-19-33(5)20-22-34/h16-17,23,27-28H,6-15,18-22,24-26H2,1-5H3. The Bertz CT molecular complexity index is 764. The van der Waals surface area contributed by atoms with Crippen LogP contribution in [0.25, 0.3) is 0 Å². The Hall–Kier alpha value is -1.79. The molecule has 6 heteroatoms. The lowest BCUT2D eigenvalue weighted by Gasteiger charge is -2.32. The number of nitrogens with zero attached hydrogens (tertiary/aromatic N) is 2. The second kappa shape index (κ2) is 19.3. The van der Waals surface area contributed by atoms with Gasteiger partial charge in [-0.15, -0.1) is 0 Å². The summed E-state index contributed by atoms with van der Waals surface area (Å²) in [5.41, 5.74) is 0.944. The van der Waals surface area contributed by atoms with Gasteiger partial charge in [-0.05, 0) is 62.4 Å². The van der Waals surface area contributed by atoms with Gasteiger partial charge in [0.1, 0.15) is 6.61 Å². The van der Waals surface area contributed by atoms with Gasteiger partial charge < -0.3 is 24.0 Å². The molecule has 218 valence electrons. The van der Waals surface area contributed by atoms with Crippen molar-refractivity contribution in [2.24, 2.45) is 11.8 Å². The van der Waals surface area contributed by atoms with Crippen LogP contribution in [0.15, 0.2) is 18.2 Å². The van der Waals surface area contributed by atoms with Gasteiger partial charge in [-0.2, -0.15) is 0 Å². The van der Waals surface area contributed by atoms with Crippen LogP contribution >= 0.6 is 0 Å². The molecule has 1 heterocycles. The zero-order valence-electron chi connectivity index (χ0n) is 25.1. The Morgan fingerprint density at radius 2 is 1.45 bits per heavy atom. The maximum absolute atomic E-state index is 12.4. The van der Waals surface area contributed by atoms with Crippen LogP contribution in [-0.4, -0.2) is 68.8 Å². The average Bonchev–Trinajstić information content (AvgIpc) is 2.93. The quantitative estimate of drug-likeness (QED) is 0.169. The third-order valence-electron chi connectivity index (χ3n) is 7.89. The van der Waals surface area contributed by atoms with Crippen LogP contribution in [-0.2, 0) is 16.1 Å². The fraction of sp³-hybridized carbons (Fsp3) is 0.781. The highest BCUT2D eigenvalue weighted by Crippen LogP contribution is 2.31. The SMILES string of the molecule is CCCCC(CC)COc1ccc(COC(=O)CCCN2CCN(C)CC2)cc1OCC(CC)CCCC. The van der Waals surface area contributed by atoms with E-state index >= 15 is 0 Å². The summed E-state index contributed by atoms with van der Waals surface area (Å²) in [7, 11) is 2.16. The number of hydrogen-bond donors (Lipinski definition) is 0. The second-order valence-electron chi connectivity index (χ2n) is 11.1.